The topological polar surface area (TPSA) is 105 Å². The number of aliphatic carboxylic acids is 1. The van der Waals surface area contributed by atoms with Crippen LogP contribution < -0.4 is 0 Å². The highest BCUT2D eigenvalue weighted by Gasteiger charge is 2.38. The lowest BCUT2D eigenvalue weighted by molar-refractivity contribution is -0.192. The summed E-state index contributed by atoms with van der Waals surface area (Å²) in [4.78, 5) is 30.1. The second-order valence-corrected chi connectivity index (χ2v) is 7.53. The maximum Gasteiger partial charge on any atom is 0.490 e. The van der Waals surface area contributed by atoms with Gasteiger partial charge in [-0.15, -0.1) is 0 Å². The van der Waals surface area contributed by atoms with Gasteiger partial charge in [-0.1, -0.05) is 0 Å². The standard InChI is InChI=1S/C19H22N4O3.C2HF3O2/c1-14-5-6-17(26-14)19(24)23-8-7-22-11-15(20-18(22)13-23)10-21(2)12-16-4-3-9-25-16;3-2(4,5)1(6)7/h3-6,9,11H,7-8,10,12-13H2,1-2H3;(H,6,7). The van der Waals surface area contributed by atoms with Gasteiger partial charge >= 0.3 is 12.1 Å². The molecule has 1 aliphatic rings. The quantitative estimate of drug-likeness (QED) is 0.613. The van der Waals surface area contributed by atoms with E-state index in [1.165, 1.54) is 0 Å². The molecule has 0 aliphatic carbocycles. The number of hydrogen-bond acceptors (Lipinski definition) is 6. The van der Waals surface area contributed by atoms with Gasteiger partial charge in [-0.2, -0.15) is 13.2 Å². The van der Waals surface area contributed by atoms with E-state index in [1.807, 2.05) is 32.2 Å². The molecule has 0 saturated carbocycles. The highest BCUT2D eigenvalue weighted by Crippen LogP contribution is 2.18. The summed E-state index contributed by atoms with van der Waals surface area (Å²) < 4.78 is 44.7. The Morgan fingerprint density at radius 2 is 1.94 bits per heavy atom. The maximum absolute atomic E-state index is 12.6. The molecule has 1 amide bonds. The highest BCUT2D eigenvalue weighted by atomic mass is 19.4. The van der Waals surface area contributed by atoms with E-state index in [2.05, 4.69) is 15.7 Å². The van der Waals surface area contributed by atoms with Crippen molar-refractivity contribution < 1.29 is 36.7 Å². The van der Waals surface area contributed by atoms with Gasteiger partial charge in [0.15, 0.2) is 5.76 Å². The van der Waals surface area contributed by atoms with Crippen molar-refractivity contribution in [1.29, 1.82) is 0 Å². The van der Waals surface area contributed by atoms with Crippen molar-refractivity contribution in [3.05, 3.63) is 65.5 Å². The van der Waals surface area contributed by atoms with E-state index in [-0.39, 0.29) is 5.91 Å². The molecule has 12 heteroatoms. The molecule has 4 rings (SSSR count). The summed E-state index contributed by atoms with van der Waals surface area (Å²) in [6, 6.07) is 7.40. The number of aryl methyl sites for hydroxylation is 1. The predicted octanol–water partition coefficient (Wildman–Crippen LogP) is 3.30. The lowest BCUT2D eigenvalue weighted by atomic mass is 10.3. The zero-order chi connectivity index (χ0) is 24.2. The summed E-state index contributed by atoms with van der Waals surface area (Å²) in [5.74, 6) is 0.141. The highest BCUT2D eigenvalue weighted by molar-refractivity contribution is 5.91. The largest absolute Gasteiger partial charge is 0.490 e. The number of hydrogen-bond donors (Lipinski definition) is 1. The monoisotopic (exact) mass is 468 g/mol. The number of alkyl halides is 3. The first-order valence-electron chi connectivity index (χ1n) is 9.94. The Morgan fingerprint density at radius 1 is 1.21 bits per heavy atom. The third kappa shape index (κ3) is 6.48. The van der Waals surface area contributed by atoms with Crippen molar-refractivity contribution in [2.75, 3.05) is 13.6 Å². The molecule has 0 bridgehead atoms. The fourth-order valence-corrected chi connectivity index (χ4v) is 3.27. The molecule has 0 aromatic carbocycles. The minimum atomic E-state index is -5.08. The number of rotatable bonds is 5. The summed E-state index contributed by atoms with van der Waals surface area (Å²) in [5.41, 5.74) is 0.997. The summed E-state index contributed by atoms with van der Waals surface area (Å²) >= 11 is 0. The van der Waals surface area contributed by atoms with Crippen LogP contribution in [0.5, 0.6) is 0 Å². The fraction of sp³-hybridized carbons (Fsp3) is 0.381. The number of carbonyl (C=O) groups is 2. The molecule has 3 aromatic rings. The van der Waals surface area contributed by atoms with Gasteiger partial charge in [0.2, 0.25) is 0 Å². The molecule has 0 unspecified atom stereocenters. The van der Waals surface area contributed by atoms with Crippen molar-refractivity contribution in [3.63, 3.8) is 0 Å². The molecule has 0 atom stereocenters. The zero-order valence-corrected chi connectivity index (χ0v) is 18.0. The first kappa shape index (κ1) is 24.1. The van der Waals surface area contributed by atoms with Crippen molar-refractivity contribution >= 4 is 11.9 Å². The molecule has 178 valence electrons. The molecule has 0 fully saturated rings. The van der Waals surface area contributed by atoms with E-state index in [0.29, 0.717) is 18.8 Å². The van der Waals surface area contributed by atoms with E-state index < -0.39 is 12.1 Å². The Morgan fingerprint density at radius 3 is 2.52 bits per heavy atom. The molecule has 3 aromatic heterocycles. The number of aromatic nitrogens is 2. The number of furan rings is 2. The van der Waals surface area contributed by atoms with Crippen LogP contribution in [0, 0.1) is 6.92 Å². The van der Waals surface area contributed by atoms with Gasteiger partial charge < -0.3 is 23.4 Å². The van der Waals surface area contributed by atoms with Gasteiger partial charge in [0.05, 0.1) is 25.0 Å². The third-order valence-electron chi connectivity index (χ3n) is 4.77. The molecular formula is C21H23F3N4O5. The summed E-state index contributed by atoms with van der Waals surface area (Å²) in [5, 5.41) is 7.12. The Balaban J connectivity index is 0.000000383. The Hall–Kier alpha value is -3.54. The number of imidazole rings is 1. The maximum atomic E-state index is 12.6. The molecular weight excluding hydrogens is 445 g/mol. The number of fused-ring (bicyclic) bond motifs is 1. The van der Waals surface area contributed by atoms with Gasteiger partial charge in [-0.3, -0.25) is 9.69 Å². The van der Waals surface area contributed by atoms with Crippen LogP contribution in [0.2, 0.25) is 0 Å². The normalized spacial score (nSPS) is 13.5. The Kier molecular flexibility index (Phi) is 7.26. The number of carboxylic acids is 1. The molecule has 33 heavy (non-hydrogen) atoms. The van der Waals surface area contributed by atoms with Crippen LogP contribution in [0.1, 0.15) is 33.6 Å². The second-order valence-electron chi connectivity index (χ2n) is 7.53. The fourth-order valence-electron chi connectivity index (χ4n) is 3.27. The third-order valence-corrected chi connectivity index (χ3v) is 4.77. The first-order chi connectivity index (χ1) is 15.5. The lowest BCUT2D eigenvalue weighted by Gasteiger charge is -2.26. The molecule has 0 spiro atoms. The summed E-state index contributed by atoms with van der Waals surface area (Å²) in [7, 11) is 2.04. The van der Waals surface area contributed by atoms with Crippen LogP contribution >= 0.6 is 0 Å². The van der Waals surface area contributed by atoms with E-state index in [0.717, 1.165) is 42.7 Å². The molecule has 4 heterocycles. The van der Waals surface area contributed by atoms with Gasteiger partial charge in [-0.25, -0.2) is 9.78 Å². The van der Waals surface area contributed by atoms with Crippen LogP contribution in [-0.4, -0.2) is 56.1 Å². The minimum absolute atomic E-state index is 0.0798. The summed E-state index contributed by atoms with van der Waals surface area (Å²) in [6.07, 6.45) is -1.32. The van der Waals surface area contributed by atoms with Gasteiger partial charge in [0.25, 0.3) is 5.91 Å². The first-order valence-corrected chi connectivity index (χ1v) is 9.94. The smallest absolute Gasteiger partial charge is 0.475 e. The van der Waals surface area contributed by atoms with Crippen molar-refractivity contribution in [3.8, 4) is 0 Å². The minimum Gasteiger partial charge on any atom is -0.475 e. The van der Waals surface area contributed by atoms with E-state index in [1.54, 1.807) is 17.2 Å². The van der Waals surface area contributed by atoms with Crippen LogP contribution in [-0.2, 0) is 31.0 Å². The predicted molar refractivity (Wildman–Crippen MR) is 108 cm³/mol. The second kappa shape index (κ2) is 9.94. The molecule has 9 nitrogen and oxygen atoms in total. The lowest BCUT2D eigenvalue weighted by Crippen LogP contribution is -2.38. The van der Waals surface area contributed by atoms with Crippen LogP contribution in [0.4, 0.5) is 13.2 Å². The number of nitrogens with zero attached hydrogens (tertiary/aromatic N) is 4. The van der Waals surface area contributed by atoms with Gasteiger partial charge in [0, 0.05) is 25.8 Å². The molecule has 0 saturated heterocycles. The average Bonchev–Trinajstić information content (AvgIpc) is 3.47. The van der Waals surface area contributed by atoms with E-state index in [4.69, 9.17) is 23.7 Å². The van der Waals surface area contributed by atoms with Gasteiger partial charge in [0.1, 0.15) is 17.3 Å². The van der Waals surface area contributed by atoms with Crippen LogP contribution in [0.25, 0.3) is 0 Å². The number of halogens is 3. The number of carbonyl (C=O) groups excluding carboxylic acids is 1. The van der Waals surface area contributed by atoms with Crippen LogP contribution in [0.15, 0.2) is 45.6 Å². The molecule has 1 N–H and O–H groups in total. The average molecular weight is 468 g/mol. The Bertz CT molecular complexity index is 1090. The SMILES string of the molecule is Cc1ccc(C(=O)N2CCn3cc(CN(C)Cc4ccco4)nc3C2)o1.O=C(O)C(F)(F)F. The zero-order valence-electron chi connectivity index (χ0n) is 18.0. The summed E-state index contributed by atoms with van der Waals surface area (Å²) in [6.45, 7) is 5.20. The van der Waals surface area contributed by atoms with Crippen molar-refractivity contribution in [1.82, 2.24) is 19.4 Å². The number of amides is 1. The molecule has 1 aliphatic heterocycles. The van der Waals surface area contributed by atoms with Gasteiger partial charge in [-0.05, 0) is 38.2 Å². The van der Waals surface area contributed by atoms with Crippen LogP contribution in [0.3, 0.4) is 0 Å². The van der Waals surface area contributed by atoms with E-state index >= 15 is 0 Å². The van der Waals surface area contributed by atoms with Crippen molar-refractivity contribution in [2.24, 2.45) is 0 Å². The van der Waals surface area contributed by atoms with Crippen molar-refractivity contribution in [2.45, 2.75) is 39.3 Å². The number of carboxylic acid groups (broad SMARTS) is 1. The Labute approximate surface area is 187 Å². The van der Waals surface area contributed by atoms with E-state index in [9.17, 15) is 18.0 Å². The molecule has 0 radical (unpaired) electrons.